The molecular weight excluding hydrogens is 464 g/mol. The highest BCUT2D eigenvalue weighted by Gasteiger charge is 2.37. The Labute approximate surface area is 218 Å². The first-order valence-electron chi connectivity index (χ1n) is 12.9. The number of hydrogen-bond donors (Lipinski definition) is 2. The van der Waals surface area contributed by atoms with Gasteiger partial charge in [-0.25, -0.2) is 4.99 Å². The van der Waals surface area contributed by atoms with Crippen LogP contribution in [0.2, 0.25) is 0 Å². The lowest BCUT2D eigenvalue weighted by Crippen LogP contribution is -2.50. The van der Waals surface area contributed by atoms with Gasteiger partial charge < -0.3 is 19.7 Å². The van der Waals surface area contributed by atoms with Gasteiger partial charge in [0, 0.05) is 73.8 Å². The number of H-pyrrole nitrogens is 1. The molecule has 1 aromatic rings. The van der Waals surface area contributed by atoms with Gasteiger partial charge in [0.15, 0.2) is 0 Å². The highest BCUT2D eigenvalue weighted by Crippen LogP contribution is 2.49. The van der Waals surface area contributed by atoms with Gasteiger partial charge in [0.25, 0.3) is 0 Å². The van der Waals surface area contributed by atoms with Crippen LogP contribution < -0.4 is 0 Å². The molecule has 192 valence electrons. The number of likely N-dealkylation sites (tertiary alicyclic amines) is 1. The van der Waals surface area contributed by atoms with Gasteiger partial charge in [-0.05, 0) is 49.4 Å². The Balaban J connectivity index is 1.38. The van der Waals surface area contributed by atoms with E-state index in [0.717, 1.165) is 55.4 Å². The number of allylic oxidation sites excluding steroid dienone is 7. The van der Waals surface area contributed by atoms with Crippen molar-refractivity contribution in [2.75, 3.05) is 53.0 Å². The maximum atomic E-state index is 9.76. The zero-order valence-corrected chi connectivity index (χ0v) is 21.6. The van der Waals surface area contributed by atoms with Crippen molar-refractivity contribution >= 4 is 23.8 Å². The van der Waals surface area contributed by atoms with Gasteiger partial charge in [0.2, 0.25) is 0 Å². The Kier molecular flexibility index (Phi) is 7.38. The molecule has 4 aliphatic rings. The monoisotopic (exact) mass is 498 g/mol. The first kappa shape index (κ1) is 25.2. The summed E-state index contributed by atoms with van der Waals surface area (Å²) in [6.07, 6.45) is 11.0. The number of nitrogens with zero attached hydrogens (tertiary/aromatic N) is 5. The Morgan fingerprint density at radius 2 is 2.11 bits per heavy atom. The number of ether oxygens (including phenoxy) is 1. The third kappa shape index (κ3) is 5.16. The summed E-state index contributed by atoms with van der Waals surface area (Å²) in [5, 5.41) is 19.3. The number of aliphatic hydroxyl groups is 1. The third-order valence-electron chi connectivity index (χ3n) is 7.42. The summed E-state index contributed by atoms with van der Waals surface area (Å²) in [4.78, 5) is 16.9. The zero-order chi connectivity index (χ0) is 25.9. The fraction of sp³-hybridized carbons (Fsp3) is 0.414. The number of rotatable bonds is 9. The second kappa shape index (κ2) is 10.9. The molecule has 2 fully saturated rings. The zero-order valence-electron chi connectivity index (χ0n) is 21.6. The standard InChI is InChI=1S/C29H34N6O2/c1-4-20(13-19(16-30)7-8-34-17-21(36)18-34)28(31-2)25-15-26(33-29(25)32-3)22-5-6-27(24-14-23(22)24)35-9-11-37-12-10-35/h4-6,13-15,21,24,33,36H,3,7-12,17-18H2,1-2H3/b19-13+,20-4+,31-28-/t24-/m1/s1. The number of β-amino-alcohol motifs (C(OH)–C–C–N with tert-alkyl or cyclic N) is 1. The summed E-state index contributed by atoms with van der Waals surface area (Å²) >= 11 is 0. The van der Waals surface area contributed by atoms with Crippen LogP contribution in [0.4, 0.5) is 5.82 Å². The average molecular weight is 499 g/mol. The van der Waals surface area contributed by atoms with E-state index in [9.17, 15) is 10.4 Å². The first-order chi connectivity index (χ1) is 18.1. The number of aliphatic hydroxyl groups excluding tert-OH is 1. The highest BCUT2D eigenvalue weighted by molar-refractivity contribution is 6.17. The predicted molar refractivity (Wildman–Crippen MR) is 147 cm³/mol. The summed E-state index contributed by atoms with van der Waals surface area (Å²) in [6, 6.07) is 4.43. The lowest BCUT2D eigenvalue weighted by Gasteiger charge is -2.35. The van der Waals surface area contributed by atoms with Crippen LogP contribution in [0.15, 0.2) is 68.8 Å². The van der Waals surface area contributed by atoms with Gasteiger partial charge >= 0.3 is 0 Å². The normalized spacial score (nSPS) is 23.0. The Morgan fingerprint density at radius 3 is 2.76 bits per heavy atom. The summed E-state index contributed by atoms with van der Waals surface area (Å²) < 4.78 is 5.51. The molecule has 0 amide bonds. The molecule has 0 unspecified atom stereocenters. The van der Waals surface area contributed by atoms with E-state index < -0.39 is 0 Å². The third-order valence-corrected chi connectivity index (χ3v) is 7.42. The lowest BCUT2D eigenvalue weighted by molar-refractivity contribution is 0.00325. The van der Waals surface area contributed by atoms with Crippen molar-refractivity contribution in [2.45, 2.75) is 19.4 Å². The van der Waals surface area contributed by atoms with Gasteiger partial charge in [0.05, 0.1) is 31.1 Å². The average Bonchev–Trinajstić information content (AvgIpc) is 3.61. The molecule has 37 heavy (non-hydrogen) atoms. The predicted octanol–water partition coefficient (Wildman–Crippen LogP) is 3.40. The fourth-order valence-electron chi connectivity index (χ4n) is 5.31. The van der Waals surface area contributed by atoms with Crippen LogP contribution in [0.1, 0.15) is 24.6 Å². The molecule has 0 aromatic carbocycles. The van der Waals surface area contributed by atoms with Crippen LogP contribution in [0, 0.1) is 17.2 Å². The molecule has 2 N–H and O–H groups in total. The largest absolute Gasteiger partial charge is 0.390 e. The topological polar surface area (TPSA) is 100 Å². The number of nitriles is 1. The quantitative estimate of drug-likeness (QED) is 0.309. The number of morpholine rings is 1. The summed E-state index contributed by atoms with van der Waals surface area (Å²) in [7, 11) is 1.76. The van der Waals surface area contributed by atoms with Gasteiger partial charge in [-0.1, -0.05) is 18.2 Å². The lowest BCUT2D eigenvalue weighted by atomic mass is 9.96. The molecular formula is C29H34N6O2. The maximum absolute atomic E-state index is 9.76. The Bertz CT molecular complexity index is 1290. The number of aromatic amines is 1. The number of aliphatic imine (C=N–C) groups is 2. The van der Waals surface area contributed by atoms with E-state index >= 15 is 0 Å². The SMILES string of the molecule is C=Nc1[nH]c(C2=CC=C(N3CCOCC3)[C@@H]3C=C23)cc1C(=N\C)/C(/C=C(/C#N)CCN1CC(O)C1)=C/C. The van der Waals surface area contributed by atoms with Gasteiger partial charge in [-0.3, -0.25) is 9.89 Å². The molecule has 8 heteroatoms. The van der Waals surface area contributed by atoms with Crippen molar-refractivity contribution in [1.82, 2.24) is 14.8 Å². The van der Waals surface area contributed by atoms with E-state index in [2.05, 4.69) is 61.8 Å². The molecule has 2 aliphatic carbocycles. The number of aromatic nitrogens is 1. The van der Waals surface area contributed by atoms with E-state index in [0.29, 0.717) is 36.8 Å². The van der Waals surface area contributed by atoms with Crippen molar-refractivity contribution in [2.24, 2.45) is 15.9 Å². The van der Waals surface area contributed by atoms with E-state index in [1.165, 1.54) is 16.8 Å². The van der Waals surface area contributed by atoms with Crippen molar-refractivity contribution in [3.05, 3.63) is 70.1 Å². The molecule has 1 atom stereocenters. The molecule has 1 aromatic heterocycles. The van der Waals surface area contributed by atoms with Gasteiger partial charge in [-0.15, -0.1) is 0 Å². The van der Waals surface area contributed by atoms with E-state index in [4.69, 9.17) is 4.74 Å². The minimum atomic E-state index is -0.241. The Morgan fingerprint density at radius 1 is 1.32 bits per heavy atom. The molecule has 8 nitrogen and oxygen atoms in total. The van der Waals surface area contributed by atoms with Crippen molar-refractivity contribution in [3.8, 4) is 6.07 Å². The van der Waals surface area contributed by atoms with E-state index in [1.54, 1.807) is 7.05 Å². The van der Waals surface area contributed by atoms with Gasteiger partial charge in [-0.2, -0.15) is 5.26 Å². The van der Waals surface area contributed by atoms with E-state index in [-0.39, 0.29) is 6.10 Å². The summed E-state index contributed by atoms with van der Waals surface area (Å²) in [6.45, 7) is 11.3. The minimum absolute atomic E-state index is 0.241. The second-order valence-corrected chi connectivity index (χ2v) is 9.74. The van der Waals surface area contributed by atoms with Crippen LogP contribution in [0.3, 0.4) is 0 Å². The minimum Gasteiger partial charge on any atom is -0.390 e. The van der Waals surface area contributed by atoms with Crippen molar-refractivity contribution in [1.29, 1.82) is 5.26 Å². The second-order valence-electron chi connectivity index (χ2n) is 9.74. The van der Waals surface area contributed by atoms with Crippen LogP contribution in [0.25, 0.3) is 5.57 Å². The van der Waals surface area contributed by atoms with Crippen LogP contribution in [-0.2, 0) is 4.74 Å². The smallest absolute Gasteiger partial charge is 0.139 e. The van der Waals surface area contributed by atoms with Gasteiger partial charge in [0.1, 0.15) is 5.82 Å². The fourth-order valence-corrected chi connectivity index (χ4v) is 5.31. The maximum Gasteiger partial charge on any atom is 0.139 e. The molecule has 5 rings (SSSR count). The number of nitrogens with one attached hydrogen (secondary N) is 1. The molecule has 0 saturated carbocycles. The van der Waals surface area contributed by atoms with Crippen molar-refractivity contribution < 1.29 is 9.84 Å². The molecule has 3 heterocycles. The number of fused-ring (bicyclic) bond motifs is 1. The Hall–Kier alpha value is -3.51. The summed E-state index contributed by atoms with van der Waals surface area (Å²) in [5.41, 5.74) is 8.02. The van der Waals surface area contributed by atoms with Crippen LogP contribution >= 0.6 is 0 Å². The van der Waals surface area contributed by atoms with Crippen molar-refractivity contribution in [3.63, 3.8) is 0 Å². The molecule has 2 aliphatic heterocycles. The highest BCUT2D eigenvalue weighted by atomic mass is 16.5. The first-order valence-corrected chi connectivity index (χ1v) is 12.9. The van der Waals surface area contributed by atoms with Crippen LogP contribution in [-0.4, -0.2) is 91.4 Å². The van der Waals surface area contributed by atoms with E-state index in [1.807, 2.05) is 19.1 Å². The molecule has 0 spiro atoms. The molecule has 0 bridgehead atoms. The molecule has 0 radical (unpaired) electrons. The number of hydrogen-bond acceptors (Lipinski definition) is 7. The summed E-state index contributed by atoms with van der Waals surface area (Å²) in [5.74, 6) is 1.03. The van der Waals surface area contributed by atoms with Crippen LogP contribution in [0.5, 0.6) is 0 Å². The molecule has 2 saturated heterocycles.